The van der Waals surface area contributed by atoms with Gasteiger partial charge in [0.1, 0.15) is 17.3 Å². The Morgan fingerprint density at radius 3 is 2.59 bits per heavy atom. The van der Waals surface area contributed by atoms with Crippen molar-refractivity contribution in [2.45, 2.75) is 0 Å². The van der Waals surface area contributed by atoms with E-state index in [1.807, 2.05) is 0 Å². The van der Waals surface area contributed by atoms with E-state index in [1.165, 1.54) is 12.1 Å². The Morgan fingerprint density at radius 2 is 1.88 bits per heavy atom. The molecule has 86 valence electrons. The number of ether oxygens (including phenoxy) is 1. The van der Waals surface area contributed by atoms with Crippen LogP contribution in [0.4, 0.5) is 4.39 Å². The van der Waals surface area contributed by atoms with E-state index in [-0.39, 0.29) is 5.02 Å². The summed E-state index contributed by atoms with van der Waals surface area (Å²) >= 11 is 5.82. The molecule has 2 aromatic rings. The Hall–Kier alpha value is -1.87. The molecule has 4 heteroatoms. The first-order chi connectivity index (χ1) is 8.20. The third kappa shape index (κ3) is 2.63. The van der Waals surface area contributed by atoms with E-state index in [1.54, 1.807) is 24.3 Å². The highest BCUT2D eigenvalue weighted by atomic mass is 35.5. The van der Waals surface area contributed by atoms with Gasteiger partial charge in [0, 0.05) is 0 Å². The van der Waals surface area contributed by atoms with Gasteiger partial charge in [-0.15, -0.1) is 0 Å². The maximum atomic E-state index is 12.8. The minimum atomic E-state index is -0.439. The molecule has 0 spiro atoms. The van der Waals surface area contributed by atoms with Gasteiger partial charge in [0.15, 0.2) is 6.29 Å². The summed E-state index contributed by atoms with van der Waals surface area (Å²) in [6, 6.07) is 10.5. The average molecular weight is 251 g/mol. The van der Waals surface area contributed by atoms with Gasteiger partial charge < -0.3 is 4.74 Å². The number of para-hydroxylation sites is 1. The van der Waals surface area contributed by atoms with Crippen LogP contribution in [0.5, 0.6) is 11.5 Å². The number of carbonyl (C=O) groups excluding carboxylic acids is 1. The van der Waals surface area contributed by atoms with E-state index < -0.39 is 5.82 Å². The standard InChI is InChI=1S/C13H8ClFO2/c14-11-7-10(15)5-6-13(11)17-12-4-2-1-3-9(12)8-16/h1-8H. The number of hydrogen-bond donors (Lipinski definition) is 0. The number of aldehydes is 1. The van der Waals surface area contributed by atoms with Crippen molar-refractivity contribution in [2.75, 3.05) is 0 Å². The summed E-state index contributed by atoms with van der Waals surface area (Å²) in [5.74, 6) is 0.254. The van der Waals surface area contributed by atoms with Crippen LogP contribution in [0.3, 0.4) is 0 Å². The van der Waals surface area contributed by atoms with Crippen molar-refractivity contribution in [1.82, 2.24) is 0 Å². The summed E-state index contributed by atoms with van der Waals surface area (Å²) in [5.41, 5.74) is 0.410. The Balaban J connectivity index is 2.34. The lowest BCUT2D eigenvalue weighted by atomic mass is 10.2. The molecule has 2 aromatic carbocycles. The largest absolute Gasteiger partial charge is 0.455 e. The Kier molecular flexibility index (Phi) is 3.40. The molecule has 17 heavy (non-hydrogen) atoms. The minimum Gasteiger partial charge on any atom is -0.455 e. The fraction of sp³-hybridized carbons (Fsp3) is 0. The number of benzene rings is 2. The first-order valence-electron chi connectivity index (χ1n) is 4.88. The van der Waals surface area contributed by atoms with E-state index in [0.717, 1.165) is 6.07 Å². The van der Waals surface area contributed by atoms with Crippen LogP contribution >= 0.6 is 11.6 Å². The second-order valence-corrected chi connectivity index (χ2v) is 3.74. The molecule has 0 amide bonds. The second-order valence-electron chi connectivity index (χ2n) is 3.33. The molecule has 0 radical (unpaired) electrons. The number of halogens is 2. The predicted octanol–water partition coefficient (Wildman–Crippen LogP) is 4.08. The monoisotopic (exact) mass is 250 g/mol. The number of hydrogen-bond acceptors (Lipinski definition) is 2. The van der Waals surface area contributed by atoms with Gasteiger partial charge in [-0.25, -0.2) is 4.39 Å². The summed E-state index contributed by atoms with van der Waals surface area (Å²) < 4.78 is 18.3. The van der Waals surface area contributed by atoms with Gasteiger partial charge in [-0.05, 0) is 30.3 Å². The van der Waals surface area contributed by atoms with Crippen LogP contribution in [-0.2, 0) is 0 Å². The molecule has 0 atom stereocenters. The molecule has 0 N–H and O–H groups in total. The number of carbonyl (C=O) groups is 1. The third-order valence-electron chi connectivity index (χ3n) is 2.16. The molecule has 0 heterocycles. The quantitative estimate of drug-likeness (QED) is 0.767. The highest BCUT2D eigenvalue weighted by Crippen LogP contribution is 2.30. The molecular formula is C13H8ClFO2. The van der Waals surface area contributed by atoms with E-state index in [4.69, 9.17) is 16.3 Å². The first-order valence-corrected chi connectivity index (χ1v) is 5.25. The zero-order valence-electron chi connectivity index (χ0n) is 8.69. The van der Waals surface area contributed by atoms with E-state index >= 15 is 0 Å². The molecule has 0 fully saturated rings. The lowest BCUT2D eigenvalue weighted by molar-refractivity contribution is 0.112. The Morgan fingerprint density at radius 1 is 1.12 bits per heavy atom. The molecule has 0 saturated carbocycles. The van der Waals surface area contributed by atoms with Crippen LogP contribution in [0.1, 0.15) is 10.4 Å². The van der Waals surface area contributed by atoms with E-state index in [9.17, 15) is 9.18 Å². The molecule has 0 aliphatic heterocycles. The van der Waals surface area contributed by atoms with Crippen molar-refractivity contribution in [3.8, 4) is 11.5 Å². The van der Waals surface area contributed by atoms with Crippen LogP contribution in [0, 0.1) is 5.82 Å². The molecule has 2 nitrogen and oxygen atoms in total. The highest BCUT2D eigenvalue weighted by molar-refractivity contribution is 6.32. The molecule has 0 aromatic heterocycles. The van der Waals surface area contributed by atoms with Crippen LogP contribution < -0.4 is 4.74 Å². The predicted molar refractivity (Wildman–Crippen MR) is 63.3 cm³/mol. The fourth-order valence-electron chi connectivity index (χ4n) is 1.35. The minimum absolute atomic E-state index is 0.158. The molecule has 0 bridgehead atoms. The highest BCUT2D eigenvalue weighted by Gasteiger charge is 2.07. The van der Waals surface area contributed by atoms with Crippen molar-refractivity contribution in [1.29, 1.82) is 0 Å². The summed E-state index contributed by atoms with van der Waals surface area (Å²) in [6.45, 7) is 0. The van der Waals surface area contributed by atoms with Gasteiger partial charge in [-0.3, -0.25) is 4.79 Å². The summed E-state index contributed by atoms with van der Waals surface area (Å²) in [7, 11) is 0. The van der Waals surface area contributed by atoms with Crippen molar-refractivity contribution in [2.24, 2.45) is 0 Å². The third-order valence-corrected chi connectivity index (χ3v) is 2.46. The molecule has 0 aliphatic rings. The Labute approximate surface area is 103 Å². The van der Waals surface area contributed by atoms with Crippen LogP contribution in [0.2, 0.25) is 5.02 Å². The van der Waals surface area contributed by atoms with Crippen LogP contribution in [0.25, 0.3) is 0 Å². The normalized spacial score (nSPS) is 10.0. The van der Waals surface area contributed by atoms with Gasteiger partial charge >= 0.3 is 0 Å². The maximum Gasteiger partial charge on any atom is 0.153 e. The van der Waals surface area contributed by atoms with Gasteiger partial charge in [-0.1, -0.05) is 23.7 Å². The van der Waals surface area contributed by atoms with Crippen molar-refractivity contribution in [3.05, 3.63) is 58.9 Å². The lowest BCUT2D eigenvalue weighted by Gasteiger charge is -2.09. The van der Waals surface area contributed by atoms with Crippen LogP contribution in [-0.4, -0.2) is 6.29 Å². The van der Waals surface area contributed by atoms with Crippen molar-refractivity contribution in [3.63, 3.8) is 0 Å². The molecule has 0 aliphatic carbocycles. The summed E-state index contributed by atoms with van der Waals surface area (Å²) in [5, 5.41) is 0.158. The number of rotatable bonds is 3. The molecule has 0 saturated heterocycles. The van der Waals surface area contributed by atoms with Gasteiger partial charge in [-0.2, -0.15) is 0 Å². The van der Waals surface area contributed by atoms with Gasteiger partial charge in [0.25, 0.3) is 0 Å². The van der Waals surface area contributed by atoms with Crippen molar-refractivity contribution >= 4 is 17.9 Å². The van der Waals surface area contributed by atoms with Crippen molar-refractivity contribution < 1.29 is 13.9 Å². The zero-order chi connectivity index (χ0) is 12.3. The molecular weight excluding hydrogens is 243 g/mol. The SMILES string of the molecule is O=Cc1ccccc1Oc1ccc(F)cc1Cl. The summed E-state index contributed by atoms with van der Waals surface area (Å²) in [6.07, 6.45) is 0.687. The maximum absolute atomic E-state index is 12.8. The molecule has 0 unspecified atom stereocenters. The topological polar surface area (TPSA) is 26.3 Å². The van der Waals surface area contributed by atoms with Gasteiger partial charge in [0.05, 0.1) is 10.6 Å². The molecule has 2 rings (SSSR count). The summed E-state index contributed by atoms with van der Waals surface area (Å²) in [4.78, 5) is 10.8. The average Bonchev–Trinajstić information content (AvgIpc) is 2.33. The second kappa shape index (κ2) is 4.97. The Bertz CT molecular complexity index is 555. The van der Waals surface area contributed by atoms with E-state index in [0.29, 0.717) is 23.3 Å². The van der Waals surface area contributed by atoms with Gasteiger partial charge in [0.2, 0.25) is 0 Å². The van der Waals surface area contributed by atoms with E-state index in [2.05, 4.69) is 0 Å². The first kappa shape index (κ1) is 11.6. The lowest BCUT2D eigenvalue weighted by Crippen LogP contribution is -1.90. The van der Waals surface area contributed by atoms with Crippen LogP contribution in [0.15, 0.2) is 42.5 Å². The smallest absolute Gasteiger partial charge is 0.153 e. The zero-order valence-corrected chi connectivity index (χ0v) is 9.45. The fourth-order valence-corrected chi connectivity index (χ4v) is 1.55.